The Morgan fingerprint density at radius 1 is 1.43 bits per heavy atom. The highest BCUT2D eigenvalue weighted by Crippen LogP contribution is 2.22. The highest BCUT2D eigenvalue weighted by Gasteiger charge is 2.24. The van der Waals surface area contributed by atoms with Crippen LogP contribution in [-0.2, 0) is 17.8 Å². The Morgan fingerprint density at radius 3 is 3.05 bits per heavy atom. The predicted molar refractivity (Wildman–Crippen MR) is 86.2 cm³/mol. The first kappa shape index (κ1) is 14.5. The minimum atomic E-state index is -0.186. The molecule has 0 radical (unpaired) electrons. The molecule has 6 heteroatoms. The van der Waals surface area contributed by atoms with Gasteiger partial charge >= 0.3 is 0 Å². The van der Waals surface area contributed by atoms with Gasteiger partial charge in [-0.15, -0.1) is 0 Å². The lowest BCUT2D eigenvalue weighted by atomic mass is 10.1. The van der Waals surface area contributed by atoms with Crippen LogP contribution < -0.4 is 10.6 Å². The fourth-order valence-corrected chi connectivity index (χ4v) is 3.13. The van der Waals surface area contributed by atoms with Gasteiger partial charge in [0.2, 0.25) is 5.91 Å². The van der Waals surface area contributed by atoms with Crippen LogP contribution in [-0.4, -0.2) is 34.6 Å². The summed E-state index contributed by atoms with van der Waals surface area (Å²) in [5.74, 6) is 1.04. The molecule has 0 saturated carbocycles. The van der Waals surface area contributed by atoms with E-state index in [1.54, 1.807) is 0 Å². The Morgan fingerprint density at radius 2 is 2.29 bits per heavy atom. The van der Waals surface area contributed by atoms with Gasteiger partial charge in [-0.2, -0.15) is 0 Å². The summed E-state index contributed by atoms with van der Waals surface area (Å²) in [6, 6.07) is 5.96. The van der Waals surface area contributed by atoms with Crippen molar-refractivity contribution in [2.45, 2.75) is 32.4 Å². The second-order valence-electron chi connectivity index (χ2n) is 5.31. The van der Waals surface area contributed by atoms with Crippen molar-refractivity contribution in [3.63, 3.8) is 0 Å². The lowest BCUT2D eigenvalue weighted by Crippen LogP contribution is -2.54. The van der Waals surface area contributed by atoms with Gasteiger partial charge in [0.05, 0.1) is 17.1 Å². The third kappa shape index (κ3) is 2.96. The highest BCUT2D eigenvalue weighted by atomic mass is 79.9. The molecular formula is C15H19BrN4O. The quantitative estimate of drug-likeness (QED) is 0.884. The summed E-state index contributed by atoms with van der Waals surface area (Å²) in [5.41, 5.74) is 2.11. The summed E-state index contributed by atoms with van der Waals surface area (Å²) in [5, 5.41) is 6.17. The maximum atomic E-state index is 11.9. The zero-order valence-electron chi connectivity index (χ0n) is 12.0. The molecule has 0 spiro atoms. The summed E-state index contributed by atoms with van der Waals surface area (Å²) in [4.78, 5) is 16.7. The first-order chi connectivity index (χ1) is 10.2. The molecule has 1 atom stereocenters. The van der Waals surface area contributed by atoms with Crippen LogP contribution in [0.4, 0.5) is 0 Å². The van der Waals surface area contributed by atoms with E-state index in [-0.39, 0.29) is 11.9 Å². The van der Waals surface area contributed by atoms with Crippen LogP contribution in [0.2, 0.25) is 0 Å². The van der Waals surface area contributed by atoms with Gasteiger partial charge < -0.3 is 15.2 Å². The molecule has 2 aromatic rings. The standard InChI is InChI=1S/C15H19BrN4O/c1-2-7-20-13-4-3-10(16)8-11(13)19-14(20)9-12-15(21)18-6-5-17-12/h3-4,8,12,17H,2,5-7,9H2,1H3,(H,18,21). The molecule has 21 heavy (non-hydrogen) atoms. The number of nitrogens with zero attached hydrogens (tertiary/aromatic N) is 2. The van der Waals surface area contributed by atoms with E-state index >= 15 is 0 Å². The van der Waals surface area contributed by atoms with Gasteiger partial charge in [0, 0.05) is 30.5 Å². The van der Waals surface area contributed by atoms with Crippen LogP contribution in [0, 0.1) is 0 Å². The number of rotatable bonds is 4. The van der Waals surface area contributed by atoms with Gasteiger partial charge in [0.1, 0.15) is 5.82 Å². The van der Waals surface area contributed by atoms with Crippen molar-refractivity contribution in [1.29, 1.82) is 0 Å². The maximum absolute atomic E-state index is 11.9. The van der Waals surface area contributed by atoms with Crippen LogP contribution >= 0.6 is 15.9 Å². The fourth-order valence-electron chi connectivity index (χ4n) is 2.78. The van der Waals surface area contributed by atoms with E-state index in [1.807, 2.05) is 12.1 Å². The van der Waals surface area contributed by atoms with Gasteiger partial charge in [0.15, 0.2) is 0 Å². The molecule has 0 bridgehead atoms. The summed E-state index contributed by atoms with van der Waals surface area (Å²) in [7, 11) is 0. The van der Waals surface area contributed by atoms with Gasteiger partial charge in [-0.25, -0.2) is 4.98 Å². The molecule has 0 aliphatic carbocycles. The van der Waals surface area contributed by atoms with Crippen molar-refractivity contribution >= 4 is 32.9 Å². The molecule has 1 aromatic carbocycles. The summed E-state index contributed by atoms with van der Waals surface area (Å²) >= 11 is 3.49. The number of halogens is 1. The van der Waals surface area contributed by atoms with Gasteiger partial charge in [-0.05, 0) is 24.6 Å². The number of imidazole rings is 1. The molecule has 1 aliphatic heterocycles. The number of aromatic nitrogens is 2. The number of piperazine rings is 1. The number of carbonyl (C=O) groups excluding carboxylic acids is 1. The monoisotopic (exact) mass is 350 g/mol. The molecular weight excluding hydrogens is 332 g/mol. The van der Waals surface area contributed by atoms with Crippen molar-refractivity contribution in [3.8, 4) is 0 Å². The number of aryl methyl sites for hydroxylation is 1. The number of hydrogen-bond donors (Lipinski definition) is 2. The zero-order chi connectivity index (χ0) is 14.8. The van der Waals surface area contributed by atoms with Crippen molar-refractivity contribution in [2.24, 2.45) is 0 Å². The molecule has 3 rings (SSSR count). The summed E-state index contributed by atoms with van der Waals surface area (Å²) < 4.78 is 3.25. The molecule has 5 nitrogen and oxygen atoms in total. The number of benzene rings is 1. The van der Waals surface area contributed by atoms with E-state index in [9.17, 15) is 4.79 Å². The van der Waals surface area contributed by atoms with Crippen molar-refractivity contribution in [1.82, 2.24) is 20.2 Å². The molecule has 1 saturated heterocycles. The minimum absolute atomic E-state index is 0.0672. The van der Waals surface area contributed by atoms with E-state index in [0.29, 0.717) is 13.0 Å². The summed E-state index contributed by atoms with van der Waals surface area (Å²) in [6.07, 6.45) is 1.66. The molecule has 1 aromatic heterocycles. The topological polar surface area (TPSA) is 59.0 Å². The lowest BCUT2D eigenvalue weighted by molar-refractivity contribution is -0.124. The van der Waals surface area contributed by atoms with Crippen LogP contribution in [0.5, 0.6) is 0 Å². The van der Waals surface area contributed by atoms with Crippen molar-refractivity contribution in [3.05, 3.63) is 28.5 Å². The second kappa shape index (κ2) is 6.15. The van der Waals surface area contributed by atoms with Crippen LogP contribution in [0.25, 0.3) is 11.0 Å². The van der Waals surface area contributed by atoms with Crippen LogP contribution in [0.1, 0.15) is 19.2 Å². The smallest absolute Gasteiger partial charge is 0.237 e. The van der Waals surface area contributed by atoms with E-state index in [0.717, 1.165) is 40.8 Å². The molecule has 1 amide bonds. The van der Waals surface area contributed by atoms with E-state index in [1.165, 1.54) is 0 Å². The van der Waals surface area contributed by atoms with Crippen LogP contribution in [0.15, 0.2) is 22.7 Å². The molecule has 2 heterocycles. The Balaban J connectivity index is 1.96. The molecule has 1 aliphatic rings. The zero-order valence-corrected chi connectivity index (χ0v) is 13.6. The number of hydrogen-bond acceptors (Lipinski definition) is 3. The van der Waals surface area contributed by atoms with E-state index < -0.39 is 0 Å². The van der Waals surface area contributed by atoms with Crippen molar-refractivity contribution < 1.29 is 4.79 Å². The first-order valence-electron chi connectivity index (χ1n) is 7.35. The molecule has 1 fully saturated rings. The maximum Gasteiger partial charge on any atom is 0.237 e. The molecule has 2 N–H and O–H groups in total. The van der Waals surface area contributed by atoms with Gasteiger partial charge in [-0.3, -0.25) is 4.79 Å². The number of amides is 1. The van der Waals surface area contributed by atoms with Crippen LogP contribution in [0.3, 0.4) is 0 Å². The number of fused-ring (bicyclic) bond motifs is 1. The predicted octanol–water partition coefficient (Wildman–Crippen LogP) is 1.84. The largest absolute Gasteiger partial charge is 0.353 e. The molecule has 1 unspecified atom stereocenters. The van der Waals surface area contributed by atoms with Gasteiger partial charge in [-0.1, -0.05) is 22.9 Å². The Labute approximate surface area is 132 Å². The van der Waals surface area contributed by atoms with E-state index in [4.69, 9.17) is 4.98 Å². The SMILES string of the molecule is CCCn1c(CC2NCCNC2=O)nc2cc(Br)ccc21. The normalized spacial score (nSPS) is 19.0. The first-order valence-corrected chi connectivity index (χ1v) is 8.14. The Hall–Kier alpha value is -1.40. The average Bonchev–Trinajstić information content (AvgIpc) is 2.79. The van der Waals surface area contributed by atoms with Gasteiger partial charge in [0.25, 0.3) is 0 Å². The average molecular weight is 351 g/mol. The third-order valence-electron chi connectivity index (χ3n) is 3.75. The minimum Gasteiger partial charge on any atom is -0.353 e. The van der Waals surface area contributed by atoms with E-state index in [2.05, 4.69) is 44.1 Å². The summed E-state index contributed by atoms with van der Waals surface area (Å²) in [6.45, 7) is 4.59. The number of carbonyl (C=O) groups is 1. The molecule has 112 valence electrons. The Bertz CT molecular complexity index is 667. The van der Waals surface area contributed by atoms with Crippen molar-refractivity contribution in [2.75, 3.05) is 13.1 Å². The lowest BCUT2D eigenvalue weighted by Gasteiger charge is -2.23. The fraction of sp³-hybridized carbons (Fsp3) is 0.467. The number of nitrogens with one attached hydrogen (secondary N) is 2. The highest BCUT2D eigenvalue weighted by molar-refractivity contribution is 9.10. The third-order valence-corrected chi connectivity index (χ3v) is 4.25. The Kier molecular flexibility index (Phi) is 4.26. The second-order valence-corrected chi connectivity index (χ2v) is 6.23.